The molecule has 0 aliphatic carbocycles. The summed E-state index contributed by atoms with van der Waals surface area (Å²) in [6, 6.07) is 16.3. The summed E-state index contributed by atoms with van der Waals surface area (Å²) in [5.74, 6) is 0. The summed E-state index contributed by atoms with van der Waals surface area (Å²) in [5, 5.41) is 0.417. The van der Waals surface area contributed by atoms with Crippen LogP contribution in [0.15, 0.2) is 64.2 Å². The van der Waals surface area contributed by atoms with Crippen LogP contribution in [0.4, 0.5) is 5.69 Å². The van der Waals surface area contributed by atoms with Gasteiger partial charge in [-0.05, 0) is 35.4 Å². The van der Waals surface area contributed by atoms with Gasteiger partial charge >= 0.3 is 0 Å². The maximum Gasteiger partial charge on any atom is 0.272 e. The van der Waals surface area contributed by atoms with Gasteiger partial charge in [-0.25, -0.2) is 0 Å². The lowest BCUT2D eigenvalue weighted by Crippen LogP contribution is -2.46. The van der Waals surface area contributed by atoms with Gasteiger partial charge in [-0.1, -0.05) is 42.5 Å². The van der Waals surface area contributed by atoms with E-state index in [0.717, 1.165) is 11.1 Å². The molecule has 0 saturated heterocycles. The molecule has 0 bridgehead atoms. The highest BCUT2D eigenvalue weighted by Crippen LogP contribution is 2.05. The van der Waals surface area contributed by atoms with Gasteiger partial charge in [0.15, 0.2) is 0 Å². The highest BCUT2D eigenvalue weighted by Gasteiger charge is 1.97. The number of rotatable bonds is 2. The standard InChI is InChI=1S/C18H15N3O2/c19-14-8-6-13(7-9-14)11-16-18(23)20-15(17(22)21-16)10-12-4-2-1-3-5-12/h1-11H,19H2,(H,20,23)(H,21,22)/b15-10-,16-11-. The maximum atomic E-state index is 12.2. The molecule has 1 heterocycles. The van der Waals surface area contributed by atoms with Gasteiger partial charge in [0.25, 0.3) is 11.1 Å². The lowest BCUT2D eigenvalue weighted by atomic mass is 10.2. The first-order valence-corrected chi connectivity index (χ1v) is 7.08. The minimum atomic E-state index is -0.358. The third kappa shape index (κ3) is 3.47. The van der Waals surface area contributed by atoms with Crippen LogP contribution in [-0.4, -0.2) is 9.97 Å². The van der Waals surface area contributed by atoms with Crippen LogP contribution in [0.5, 0.6) is 0 Å². The zero-order valence-electron chi connectivity index (χ0n) is 12.2. The van der Waals surface area contributed by atoms with E-state index in [2.05, 4.69) is 9.97 Å². The molecule has 0 fully saturated rings. The van der Waals surface area contributed by atoms with Crippen LogP contribution < -0.4 is 27.6 Å². The topological polar surface area (TPSA) is 91.7 Å². The van der Waals surface area contributed by atoms with Crippen molar-refractivity contribution in [3.63, 3.8) is 0 Å². The molecular formula is C18H15N3O2. The second-order valence-corrected chi connectivity index (χ2v) is 5.10. The third-order valence-electron chi connectivity index (χ3n) is 3.34. The van der Waals surface area contributed by atoms with Crippen molar-refractivity contribution in [3.05, 3.63) is 97.1 Å². The molecule has 0 amide bonds. The third-order valence-corrected chi connectivity index (χ3v) is 3.34. The van der Waals surface area contributed by atoms with Crippen molar-refractivity contribution in [1.29, 1.82) is 0 Å². The van der Waals surface area contributed by atoms with E-state index in [9.17, 15) is 9.59 Å². The summed E-state index contributed by atoms with van der Waals surface area (Å²) in [6.07, 6.45) is 3.24. The van der Waals surface area contributed by atoms with E-state index >= 15 is 0 Å². The molecule has 2 aromatic carbocycles. The Kier molecular flexibility index (Phi) is 3.93. The molecule has 1 aromatic heterocycles. The van der Waals surface area contributed by atoms with Crippen molar-refractivity contribution in [1.82, 2.24) is 9.97 Å². The van der Waals surface area contributed by atoms with E-state index < -0.39 is 0 Å². The van der Waals surface area contributed by atoms with Gasteiger partial charge < -0.3 is 15.7 Å². The molecule has 0 spiro atoms. The summed E-state index contributed by atoms with van der Waals surface area (Å²) in [6.45, 7) is 0. The minimum Gasteiger partial charge on any atom is -0.399 e. The van der Waals surface area contributed by atoms with Crippen LogP contribution in [0.2, 0.25) is 0 Å². The Morgan fingerprint density at radius 2 is 1.17 bits per heavy atom. The molecular weight excluding hydrogens is 290 g/mol. The van der Waals surface area contributed by atoms with Gasteiger partial charge in [0, 0.05) is 5.69 Å². The minimum absolute atomic E-state index is 0.199. The predicted molar refractivity (Wildman–Crippen MR) is 91.4 cm³/mol. The highest BCUT2D eigenvalue weighted by molar-refractivity contribution is 5.52. The van der Waals surface area contributed by atoms with Crippen LogP contribution in [0.3, 0.4) is 0 Å². The molecule has 5 nitrogen and oxygen atoms in total. The first kappa shape index (κ1) is 14.6. The Balaban J connectivity index is 2.12. The average molecular weight is 305 g/mol. The van der Waals surface area contributed by atoms with Crippen molar-refractivity contribution in [2.75, 3.05) is 5.73 Å². The molecule has 3 aromatic rings. The zero-order chi connectivity index (χ0) is 16.2. The van der Waals surface area contributed by atoms with Crippen molar-refractivity contribution in [2.24, 2.45) is 0 Å². The van der Waals surface area contributed by atoms with Crippen LogP contribution in [-0.2, 0) is 0 Å². The first-order valence-electron chi connectivity index (χ1n) is 7.08. The molecule has 23 heavy (non-hydrogen) atoms. The molecule has 0 aliphatic heterocycles. The number of nitrogens with one attached hydrogen (secondary N) is 2. The first-order chi connectivity index (χ1) is 11.1. The number of hydrogen-bond donors (Lipinski definition) is 3. The van der Waals surface area contributed by atoms with Crippen LogP contribution >= 0.6 is 0 Å². The lowest BCUT2D eigenvalue weighted by molar-refractivity contribution is 1.00. The van der Waals surface area contributed by atoms with Crippen molar-refractivity contribution in [2.45, 2.75) is 0 Å². The second-order valence-electron chi connectivity index (χ2n) is 5.10. The summed E-state index contributed by atoms with van der Waals surface area (Å²) >= 11 is 0. The quantitative estimate of drug-likeness (QED) is 0.595. The largest absolute Gasteiger partial charge is 0.399 e. The zero-order valence-corrected chi connectivity index (χ0v) is 12.2. The second kappa shape index (κ2) is 6.19. The number of benzene rings is 2. The van der Waals surface area contributed by atoms with Crippen molar-refractivity contribution >= 4 is 17.8 Å². The Bertz CT molecular complexity index is 1050. The van der Waals surface area contributed by atoms with Crippen LogP contribution in [0, 0.1) is 0 Å². The normalized spacial score (nSPS) is 12.5. The number of anilines is 1. The Morgan fingerprint density at radius 1 is 0.696 bits per heavy atom. The lowest BCUT2D eigenvalue weighted by Gasteiger charge is -1.95. The molecule has 0 atom stereocenters. The van der Waals surface area contributed by atoms with Gasteiger partial charge in [0.1, 0.15) is 10.7 Å². The van der Waals surface area contributed by atoms with Gasteiger partial charge in [-0.3, -0.25) is 9.59 Å². The van der Waals surface area contributed by atoms with Crippen LogP contribution in [0.1, 0.15) is 11.1 Å². The summed E-state index contributed by atoms with van der Waals surface area (Å²) < 4.78 is 0. The number of H-pyrrole nitrogens is 2. The molecule has 114 valence electrons. The molecule has 3 rings (SSSR count). The molecule has 5 heteroatoms. The number of aromatic nitrogens is 2. The van der Waals surface area contributed by atoms with Crippen molar-refractivity contribution in [3.8, 4) is 0 Å². The highest BCUT2D eigenvalue weighted by atomic mass is 16.1. The van der Waals surface area contributed by atoms with E-state index in [0.29, 0.717) is 5.69 Å². The fourth-order valence-corrected chi connectivity index (χ4v) is 2.17. The number of aromatic amines is 2. The van der Waals surface area contributed by atoms with Gasteiger partial charge in [-0.15, -0.1) is 0 Å². The molecule has 4 N–H and O–H groups in total. The predicted octanol–water partition coefficient (Wildman–Crippen LogP) is 0.303. The van der Waals surface area contributed by atoms with E-state index in [-0.39, 0.29) is 21.8 Å². The van der Waals surface area contributed by atoms with E-state index in [4.69, 9.17) is 5.73 Å². The van der Waals surface area contributed by atoms with Gasteiger partial charge in [-0.2, -0.15) is 0 Å². The maximum absolute atomic E-state index is 12.2. The van der Waals surface area contributed by atoms with Crippen LogP contribution in [0.25, 0.3) is 12.2 Å². The monoisotopic (exact) mass is 305 g/mol. The van der Waals surface area contributed by atoms with Gasteiger partial charge in [0.2, 0.25) is 0 Å². The van der Waals surface area contributed by atoms with E-state index in [1.54, 1.807) is 36.4 Å². The smallest absolute Gasteiger partial charge is 0.272 e. The van der Waals surface area contributed by atoms with Gasteiger partial charge in [0.05, 0.1) is 0 Å². The molecule has 0 aliphatic rings. The number of nitrogen functional groups attached to an aromatic ring is 1. The molecule has 0 radical (unpaired) electrons. The summed E-state index contributed by atoms with van der Waals surface area (Å²) in [5.41, 5.74) is 7.17. The fourth-order valence-electron chi connectivity index (χ4n) is 2.17. The SMILES string of the molecule is Nc1ccc(/C=c2\[nH]c(=O)/c(=C/c3ccccc3)[nH]c2=O)cc1. The van der Waals surface area contributed by atoms with E-state index in [1.807, 2.05) is 30.3 Å². The Morgan fingerprint density at radius 3 is 1.70 bits per heavy atom. The Labute approximate surface area is 131 Å². The fraction of sp³-hybridized carbons (Fsp3) is 0. The molecule has 0 saturated carbocycles. The average Bonchev–Trinajstić information content (AvgIpc) is 2.55. The Hall–Kier alpha value is -3.34. The summed E-state index contributed by atoms with van der Waals surface area (Å²) in [4.78, 5) is 29.5. The molecule has 0 unspecified atom stereocenters. The van der Waals surface area contributed by atoms with Crippen molar-refractivity contribution < 1.29 is 0 Å². The summed E-state index contributed by atoms with van der Waals surface area (Å²) in [7, 11) is 0. The van der Waals surface area contributed by atoms with E-state index in [1.165, 1.54) is 0 Å². The number of hydrogen-bond acceptors (Lipinski definition) is 3. The number of nitrogens with two attached hydrogens (primary N) is 1.